The van der Waals surface area contributed by atoms with Crippen LogP contribution in [0, 0.1) is 11.8 Å². The third-order valence-corrected chi connectivity index (χ3v) is 9.04. The maximum atomic E-state index is 11.4. The zero-order chi connectivity index (χ0) is 17.0. The van der Waals surface area contributed by atoms with Crippen molar-refractivity contribution in [1.82, 2.24) is 0 Å². The molecule has 0 bridgehead atoms. The molecule has 0 aromatic rings. The van der Waals surface area contributed by atoms with E-state index < -0.39 is 32.4 Å². The normalized spacial score (nSPS) is 19.3. The molecule has 0 aromatic heterocycles. The van der Waals surface area contributed by atoms with Crippen LogP contribution in [0.5, 0.6) is 0 Å². The second-order valence-electron chi connectivity index (χ2n) is 7.35. The second kappa shape index (κ2) is 7.56. The molecule has 0 aromatic carbocycles. The summed E-state index contributed by atoms with van der Waals surface area (Å²) in [6, 6.07) is 0. The summed E-state index contributed by atoms with van der Waals surface area (Å²) in [6.07, 6.45) is 2.25. The molecule has 3 unspecified atom stereocenters. The first-order valence-corrected chi connectivity index (χ1v) is 10.5. The van der Waals surface area contributed by atoms with Gasteiger partial charge in [0.15, 0.2) is 8.32 Å². The molecule has 0 aliphatic rings. The van der Waals surface area contributed by atoms with Crippen LogP contribution >= 0.6 is 0 Å². The fraction of sp³-hybridized carbons (Fsp3) is 0.812. The van der Waals surface area contributed by atoms with Gasteiger partial charge in [-0.3, -0.25) is 4.79 Å². The fourth-order valence-electron chi connectivity index (χ4n) is 1.89. The standard InChI is InChI=1S/C16H32O4Si/c1-9-10-13(17)11(2)14(12(3)15(18)19)20-21(7,8)16(4,5)6/h9-14,17H,1-8H3,(H,18,19)/b10-9+/t11?,12?,13-,14?/m1/s1. The van der Waals surface area contributed by atoms with Crippen LogP contribution in [-0.2, 0) is 9.22 Å². The van der Waals surface area contributed by atoms with Crippen LogP contribution < -0.4 is 0 Å². The lowest BCUT2D eigenvalue weighted by molar-refractivity contribution is -0.146. The number of allylic oxidation sites excluding steroid dienone is 1. The van der Waals surface area contributed by atoms with E-state index in [0.717, 1.165) is 0 Å². The lowest BCUT2D eigenvalue weighted by atomic mass is 9.89. The van der Waals surface area contributed by atoms with Crippen LogP contribution in [0.1, 0.15) is 41.5 Å². The van der Waals surface area contributed by atoms with Gasteiger partial charge >= 0.3 is 5.97 Å². The minimum absolute atomic E-state index is 0.00522. The van der Waals surface area contributed by atoms with Crippen molar-refractivity contribution in [2.45, 2.75) is 71.9 Å². The van der Waals surface area contributed by atoms with Crippen molar-refractivity contribution in [3.8, 4) is 0 Å². The minimum atomic E-state index is -2.11. The number of hydrogen-bond donors (Lipinski definition) is 2. The Bertz CT molecular complexity index is 371. The molecule has 0 amide bonds. The van der Waals surface area contributed by atoms with Gasteiger partial charge in [0, 0.05) is 5.92 Å². The van der Waals surface area contributed by atoms with Crippen molar-refractivity contribution in [3.05, 3.63) is 12.2 Å². The van der Waals surface area contributed by atoms with E-state index in [-0.39, 0.29) is 11.0 Å². The number of rotatable bonds is 7. The molecular weight excluding hydrogens is 284 g/mol. The summed E-state index contributed by atoms with van der Waals surface area (Å²) in [5.74, 6) is -1.83. The Morgan fingerprint density at radius 2 is 1.71 bits per heavy atom. The molecular formula is C16H32O4Si. The van der Waals surface area contributed by atoms with Crippen LogP contribution in [0.15, 0.2) is 12.2 Å². The number of aliphatic hydroxyl groups is 1. The molecule has 0 heterocycles. The van der Waals surface area contributed by atoms with Gasteiger partial charge in [-0.15, -0.1) is 0 Å². The van der Waals surface area contributed by atoms with E-state index in [1.54, 1.807) is 19.1 Å². The molecule has 4 nitrogen and oxygen atoms in total. The molecule has 21 heavy (non-hydrogen) atoms. The summed E-state index contributed by atoms with van der Waals surface area (Å²) >= 11 is 0. The van der Waals surface area contributed by atoms with Crippen LogP contribution in [0.25, 0.3) is 0 Å². The van der Waals surface area contributed by atoms with Crippen molar-refractivity contribution in [3.63, 3.8) is 0 Å². The fourth-order valence-corrected chi connectivity index (χ4v) is 3.34. The summed E-state index contributed by atoms with van der Waals surface area (Å²) in [5, 5.41) is 19.5. The Hall–Kier alpha value is -0.653. The van der Waals surface area contributed by atoms with Gasteiger partial charge in [0.25, 0.3) is 0 Å². The van der Waals surface area contributed by atoms with Gasteiger partial charge in [0.1, 0.15) is 0 Å². The largest absolute Gasteiger partial charge is 0.481 e. The molecule has 0 saturated heterocycles. The van der Waals surface area contributed by atoms with E-state index in [2.05, 4.69) is 33.9 Å². The van der Waals surface area contributed by atoms with Crippen molar-refractivity contribution in [2.75, 3.05) is 0 Å². The van der Waals surface area contributed by atoms with Gasteiger partial charge in [-0.25, -0.2) is 0 Å². The van der Waals surface area contributed by atoms with E-state index in [0.29, 0.717) is 0 Å². The Balaban J connectivity index is 5.40. The molecule has 0 aliphatic heterocycles. The van der Waals surface area contributed by atoms with E-state index in [1.165, 1.54) is 0 Å². The van der Waals surface area contributed by atoms with Gasteiger partial charge in [0.05, 0.1) is 18.1 Å². The van der Waals surface area contributed by atoms with Crippen molar-refractivity contribution < 1.29 is 19.4 Å². The Morgan fingerprint density at radius 1 is 1.24 bits per heavy atom. The predicted octanol–water partition coefficient (Wildman–Crippen LogP) is 3.67. The summed E-state index contributed by atoms with van der Waals surface area (Å²) in [4.78, 5) is 11.4. The van der Waals surface area contributed by atoms with Gasteiger partial charge in [-0.1, -0.05) is 39.8 Å². The van der Waals surface area contributed by atoms with Crippen LogP contribution in [0.2, 0.25) is 18.1 Å². The predicted molar refractivity (Wildman–Crippen MR) is 88.9 cm³/mol. The van der Waals surface area contributed by atoms with Gasteiger partial charge in [0.2, 0.25) is 0 Å². The highest BCUT2D eigenvalue weighted by molar-refractivity contribution is 6.74. The minimum Gasteiger partial charge on any atom is -0.481 e. The molecule has 0 rings (SSSR count). The number of carboxylic acids is 1. The number of carboxylic acid groups (broad SMARTS) is 1. The van der Waals surface area contributed by atoms with E-state index in [9.17, 15) is 15.0 Å². The molecule has 2 N–H and O–H groups in total. The molecule has 4 atom stereocenters. The Morgan fingerprint density at radius 3 is 2.05 bits per heavy atom. The second-order valence-corrected chi connectivity index (χ2v) is 12.1. The monoisotopic (exact) mass is 316 g/mol. The average Bonchev–Trinajstić information content (AvgIpc) is 2.33. The summed E-state index contributed by atoms with van der Waals surface area (Å²) in [5.41, 5.74) is 0. The Labute approximate surface area is 130 Å². The summed E-state index contributed by atoms with van der Waals surface area (Å²) in [6.45, 7) is 15.9. The molecule has 0 saturated carbocycles. The van der Waals surface area contributed by atoms with Crippen molar-refractivity contribution in [2.24, 2.45) is 11.8 Å². The zero-order valence-corrected chi connectivity index (χ0v) is 15.7. The highest BCUT2D eigenvalue weighted by Gasteiger charge is 2.43. The number of carbonyl (C=O) groups is 1. The highest BCUT2D eigenvalue weighted by atomic mass is 28.4. The number of aliphatic carboxylic acids is 1. The summed E-state index contributed by atoms with van der Waals surface area (Å²) < 4.78 is 6.32. The zero-order valence-electron chi connectivity index (χ0n) is 14.7. The van der Waals surface area contributed by atoms with Crippen LogP contribution in [-0.4, -0.2) is 36.7 Å². The maximum Gasteiger partial charge on any atom is 0.308 e. The molecule has 124 valence electrons. The maximum absolute atomic E-state index is 11.4. The molecule has 0 aliphatic carbocycles. The first-order chi connectivity index (χ1) is 9.35. The van der Waals surface area contributed by atoms with E-state index in [1.807, 2.05) is 13.8 Å². The summed E-state index contributed by atoms with van der Waals surface area (Å²) in [7, 11) is -2.11. The van der Waals surface area contributed by atoms with E-state index >= 15 is 0 Å². The molecule has 0 spiro atoms. The molecule has 0 radical (unpaired) electrons. The van der Waals surface area contributed by atoms with Gasteiger partial charge < -0.3 is 14.6 Å². The third-order valence-electron chi connectivity index (χ3n) is 4.57. The quantitative estimate of drug-likeness (QED) is 0.555. The van der Waals surface area contributed by atoms with Crippen LogP contribution in [0.3, 0.4) is 0 Å². The number of aliphatic hydroxyl groups excluding tert-OH is 1. The van der Waals surface area contributed by atoms with E-state index in [4.69, 9.17) is 4.43 Å². The highest BCUT2D eigenvalue weighted by Crippen LogP contribution is 2.39. The average molecular weight is 317 g/mol. The van der Waals surface area contributed by atoms with Crippen molar-refractivity contribution in [1.29, 1.82) is 0 Å². The van der Waals surface area contributed by atoms with Crippen LogP contribution in [0.4, 0.5) is 0 Å². The Kier molecular flexibility index (Phi) is 7.33. The third kappa shape index (κ3) is 5.56. The molecule has 0 fully saturated rings. The SMILES string of the molecule is C/C=C/[C@@H](O)C(C)C(O[Si](C)(C)C(C)(C)C)C(C)C(=O)O. The van der Waals surface area contributed by atoms with Gasteiger partial charge in [-0.05, 0) is 32.0 Å². The smallest absolute Gasteiger partial charge is 0.308 e. The lowest BCUT2D eigenvalue weighted by Gasteiger charge is -2.42. The first kappa shape index (κ1) is 20.3. The lowest BCUT2D eigenvalue weighted by Crippen LogP contribution is -2.50. The van der Waals surface area contributed by atoms with Crippen molar-refractivity contribution >= 4 is 14.3 Å². The van der Waals surface area contributed by atoms with Gasteiger partial charge in [-0.2, -0.15) is 0 Å². The number of hydrogen-bond acceptors (Lipinski definition) is 3. The first-order valence-electron chi connectivity index (χ1n) is 7.56. The topological polar surface area (TPSA) is 66.8 Å². The molecule has 5 heteroatoms.